The predicted octanol–water partition coefficient (Wildman–Crippen LogP) is 4.30. The van der Waals surface area contributed by atoms with Crippen molar-refractivity contribution in [3.63, 3.8) is 0 Å². The maximum Gasteiger partial charge on any atom is 0.262 e. The van der Waals surface area contributed by atoms with E-state index in [1.54, 1.807) is 23.0 Å². The van der Waals surface area contributed by atoms with Crippen LogP contribution in [-0.2, 0) is 11.2 Å². The second-order valence-corrected chi connectivity index (χ2v) is 9.24. The highest BCUT2D eigenvalue weighted by atomic mass is 32.1. The van der Waals surface area contributed by atoms with Crippen LogP contribution in [0.15, 0.2) is 76.1 Å². The van der Waals surface area contributed by atoms with Crippen molar-refractivity contribution in [1.29, 1.82) is 0 Å². The Balaban J connectivity index is 1.54. The Morgan fingerprint density at radius 1 is 1.11 bits per heavy atom. The monoisotopic (exact) mass is 530 g/mol. The Hall–Kier alpha value is -4.57. The third-order valence-electron chi connectivity index (χ3n) is 5.91. The lowest BCUT2D eigenvalue weighted by Crippen LogP contribution is -2.25. The molecule has 194 valence electrons. The van der Waals surface area contributed by atoms with E-state index in [-0.39, 0.29) is 29.8 Å². The zero-order valence-electron chi connectivity index (χ0n) is 20.9. The van der Waals surface area contributed by atoms with Crippen molar-refractivity contribution in [3.8, 4) is 34.3 Å². The van der Waals surface area contributed by atoms with Crippen molar-refractivity contribution >= 4 is 29.1 Å². The molecule has 0 atom stereocenters. The molecule has 38 heavy (non-hydrogen) atoms. The van der Waals surface area contributed by atoms with Gasteiger partial charge in [-0.15, -0.1) is 11.3 Å². The van der Waals surface area contributed by atoms with Crippen molar-refractivity contribution in [2.45, 2.75) is 6.42 Å². The van der Waals surface area contributed by atoms with E-state index < -0.39 is 0 Å². The number of phenolic OH excluding ortho intramolecular Hbond substituents is 1. The van der Waals surface area contributed by atoms with Crippen LogP contribution >= 0.6 is 11.3 Å². The highest BCUT2D eigenvalue weighted by molar-refractivity contribution is 7.07. The minimum absolute atomic E-state index is 0.000904. The first-order chi connectivity index (χ1) is 18.6. The van der Waals surface area contributed by atoms with E-state index in [4.69, 9.17) is 24.3 Å². The second kappa shape index (κ2) is 11.2. The first-order valence-electron chi connectivity index (χ1n) is 11.9. The molecule has 0 bridgehead atoms. The molecule has 9 nitrogen and oxygen atoms in total. The van der Waals surface area contributed by atoms with Gasteiger partial charge in [0, 0.05) is 23.1 Å². The number of carbonyl (C=O) groups is 1. The average Bonchev–Trinajstić information content (AvgIpc) is 3.35. The van der Waals surface area contributed by atoms with Gasteiger partial charge in [-0.2, -0.15) is 5.10 Å². The zero-order valence-corrected chi connectivity index (χ0v) is 21.7. The number of hydrogen-bond acceptors (Lipinski definition) is 8. The lowest BCUT2D eigenvalue weighted by molar-refractivity contribution is -0.118. The van der Waals surface area contributed by atoms with Gasteiger partial charge in [-0.05, 0) is 42.3 Å². The summed E-state index contributed by atoms with van der Waals surface area (Å²) in [6.45, 7) is 0.591. The first-order valence-corrected chi connectivity index (χ1v) is 12.7. The van der Waals surface area contributed by atoms with Crippen LogP contribution in [0.2, 0.25) is 0 Å². The number of aromatic nitrogens is 1. The van der Waals surface area contributed by atoms with Crippen LogP contribution in [0, 0.1) is 0 Å². The molecule has 1 aliphatic rings. The van der Waals surface area contributed by atoms with Crippen molar-refractivity contribution in [2.75, 3.05) is 32.7 Å². The highest BCUT2D eigenvalue weighted by Gasteiger charge is 2.18. The third-order valence-corrected chi connectivity index (χ3v) is 6.76. The molecule has 0 unspecified atom stereocenters. The Labute approximate surface area is 223 Å². The molecule has 1 aromatic heterocycles. The van der Waals surface area contributed by atoms with Crippen molar-refractivity contribution in [1.82, 2.24) is 4.68 Å². The largest absolute Gasteiger partial charge is 0.502 e. The summed E-state index contributed by atoms with van der Waals surface area (Å²) >= 11 is 1.47. The Bertz CT molecular complexity index is 1530. The summed E-state index contributed by atoms with van der Waals surface area (Å²) in [4.78, 5) is 17.4. The lowest BCUT2D eigenvalue weighted by atomic mass is 10.1. The standard InChI is InChI=1S/C28H26N4O5S/c1-35-24-12-19(13-25(36-2)27(24)34)15-30-32-22(20-8-9-23-21(14-20)31-26(33)16-37-23)17-38-28(32)29-11-10-18-6-4-3-5-7-18/h3-9,12-15,17,34H,10-11,16H2,1-2H3,(H,31,33). The smallest absolute Gasteiger partial charge is 0.262 e. The molecule has 0 radical (unpaired) electrons. The molecule has 10 heteroatoms. The number of benzene rings is 3. The molecule has 2 N–H and O–H groups in total. The number of fused-ring (bicyclic) bond motifs is 1. The fraction of sp³-hybridized carbons (Fsp3) is 0.179. The number of thiazole rings is 1. The van der Waals surface area contributed by atoms with Gasteiger partial charge in [0.1, 0.15) is 5.75 Å². The average molecular weight is 531 g/mol. The van der Waals surface area contributed by atoms with Crippen LogP contribution in [0.1, 0.15) is 11.1 Å². The van der Waals surface area contributed by atoms with E-state index in [1.807, 2.05) is 41.8 Å². The van der Waals surface area contributed by atoms with E-state index in [1.165, 1.54) is 31.1 Å². The maximum atomic E-state index is 11.9. The summed E-state index contributed by atoms with van der Waals surface area (Å²) in [5.74, 6) is 0.900. The number of ether oxygens (including phenoxy) is 3. The topological polar surface area (TPSA) is 107 Å². The number of nitrogens with one attached hydrogen (secondary N) is 1. The lowest BCUT2D eigenvalue weighted by Gasteiger charge is -2.18. The second-order valence-electron chi connectivity index (χ2n) is 8.40. The van der Waals surface area contributed by atoms with Crippen molar-refractivity contribution < 1.29 is 24.1 Å². The Morgan fingerprint density at radius 3 is 2.61 bits per heavy atom. The number of amides is 1. The van der Waals surface area contributed by atoms with Gasteiger partial charge in [0.2, 0.25) is 10.6 Å². The normalized spacial score (nSPS) is 13.2. The van der Waals surface area contributed by atoms with Gasteiger partial charge >= 0.3 is 0 Å². The molecule has 2 heterocycles. The molecule has 0 fully saturated rings. The van der Waals surface area contributed by atoms with Gasteiger partial charge in [0.15, 0.2) is 18.1 Å². The van der Waals surface area contributed by atoms with Gasteiger partial charge < -0.3 is 24.6 Å². The third kappa shape index (κ3) is 5.40. The molecule has 5 rings (SSSR count). The number of aromatic hydroxyl groups is 1. The van der Waals surface area contributed by atoms with Crippen LogP contribution in [0.4, 0.5) is 5.69 Å². The van der Waals surface area contributed by atoms with Crippen molar-refractivity contribution in [3.05, 3.63) is 82.0 Å². The van der Waals surface area contributed by atoms with E-state index in [9.17, 15) is 9.90 Å². The minimum Gasteiger partial charge on any atom is -0.502 e. The SMILES string of the molecule is COc1cc(C=Nn2c(-c3ccc4c(c3)NC(=O)CO4)csc2=NCCc2ccccc2)cc(OC)c1O. The number of hydrogen-bond donors (Lipinski definition) is 2. The molecule has 0 spiro atoms. The quantitative estimate of drug-likeness (QED) is 0.331. The van der Waals surface area contributed by atoms with Crippen LogP contribution < -0.4 is 24.3 Å². The Kier molecular flexibility index (Phi) is 7.41. The van der Waals surface area contributed by atoms with Crippen LogP contribution in [0.25, 0.3) is 11.3 Å². The van der Waals surface area contributed by atoms with Crippen molar-refractivity contribution in [2.24, 2.45) is 10.1 Å². The Morgan fingerprint density at radius 2 is 1.87 bits per heavy atom. The van der Waals surface area contributed by atoms with Gasteiger partial charge in [0.25, 0.3) is 5.91 Å². The molecule has 1 amide bonds. The summed E-state index contributed by atoms with van der Waals surface area (Å²) in [6, 6.07) is 19.1. The predicted molar refractivity (Wildman–Crippen MR) is 147 cm³/mol. The summed E-state index contributed by atoms with van der Waals surface area (Å²) in [7, 11) is 2.95. The summed E-state index contributed by atoms with van der Waals surface area (Å²) in [5.41, 5.74) is 4.12. The van der Waals surface area contributed by atoms with Gasteiger partial charge in [-0.1, -0.05) is 30.3 Å². The van der Waals surface area contributed by atoms with E-state index in [0.29, 0.717) is 28.3 Å². The number of phenols is 1. The van der Waals surface area contributed by atoms with Crippen LogP contribution in [0.5, 0.6) is 23.0 Å². The summed E-state index contributed by atoms with van der Waals surface area (Å²) < 4.78 is 17.8. The van der Waals surface area contributed by atoms with Crippen LogP contribution in [-0.4, -0.2) is 49.3 Å². The summed E-state index contributed by atoms with van der Waals surface area (Å²) in [5, 5.41) is 19.8. The molecule has 0 saturated carbocycles. The molecule has 0 aliphatic carbocycles. The number of nitrogens with zero attached hydrogens (tertiary/aromatic N) is 3. The zero-order chi connectivity index (χ0) is 26.5. The molecule has 0 saturated heterocycles. The molecular formula is C28H26N4O5S. The molecule has 4 aromatic rings. The minimum atomic E-state index is -0.197. The van der Waals surface area contributed by atoms with E-state index in [2.05, 4.69) is 17.4 Å². The molecule has 3 aromatic carbocycles. The fourth-order valence-corrected chi connectivity index (χ4v) is 4.86. The van der Waals surface area contributed by atoms with E-state index in [0.717, 1.165) is 17.7 Å². The van der Waals surface area contributed by atoms with Crippen LogP contribution in [0.3, 0.4) is 0 Å². The molecular weight excluding hydrogens is 504 g/mol. The van der Waals surface area contributed by atoms with E-state index >= 15 is 0 Å². The number of carbonyl (C=O) groups excluding carboxylic acids is 1. The number of anilines is 1. The van der Waals surface area contributed by atoms with Gasteiger partial charge in [-0.3, -0.25) is 9.79 Å². The first kappa shape index (κ1) is 25.1. The highest BCUT2D eigenvalue weighted by Crippen LogP contribution is 2.37. The maximum absolute atomic E-state index is 11.9. The van der Waals surface area contributed by atoms with Gasteiger partial charge in [-0.25, -0.2) is 4.68 Å². The van der Waals surface area contributed by atoms with Gasteiger partial charge in [0.05, 0.1) is 31.8 Å². The number of rotatable bonds is 8. The number of methoxy groups -OCH3 is 2. The fourth-order valence-electron chi connectivity index (χ4n) is 4.00. The molecule has 1 aliphatic heterocycles. The summed E-state index contributed by atoms with van der Waals surface area (Å²) in [6.07, 6.45) is 2.45.